The molecule has 3 rings (SSSR count). The number of ether oxygens (including phenoxy) is 1. The van der Waals surface area contributed by atoms with Gasteiger partial charge < -0.3 is 9.84 Å². The van der Waals surface area contributed by atoms with E-state index in [1.807, 2.05) is 42.5 Å². The highest BCUT2D eigenvalue weighted by Gasteiger charge is 2.19. The number of fused-ring (bicyclic) bond motifs is 1. The fraction of sp³-hybridized carbons (Fsp3) is 0.143. The maximum Gasteiger partial charge on any atom is 0.315 e. The van der Waals surface area contributed by atoms with Crippen molar-refractivity contribution < 1.29 is 19.6 Å². The summed E-state index contributed by atoms with van der Waals surface area (Å²) in [5, 5.41) is 26.9. The van der Waals surface area contributed by atoms with E-state index < -0.39 is 16.4 Å². The molecule has 0 unspecified atom stereocenters. The third-order valence-corrected chi connectivity index (χ3v) is 4.21. The largest absolute Gasteiger partial charge is 0.500 e. The summed E-state index contributed by atoms with van der Waals surface area (Å²) in [5.74, 6) is -0.893. The zero-order valence-corrected chi connectivity index (χ0v) is 15.7. The molecule has 0 aromatic heterocycles. The van der Waals surface area contributed by atoms with Gasteiger partial charge in [0.25, 0.3) is 0 Å². The second-order valence-corrected chi connectivity index (χ2v) is 6.19. The molecule has 0 atom stereocenters. The van der Waals surface area contributed by atoms with Gasteiger partial charge in [-0.1, -0.05) is 42.5 Å². The Morgan fingerprint density at radius 3 is 2.76 bits per heavy atom. The van der Waals surface area contributed by atoms with Crippen LogP contribution in [0, 0.1) is 10.1 Å². The Bertz CT molecular complexity index is 1090. The van der Waals surface area contributed by atoms with Crippen molar-refractivity contribution in [2.75, 3.05) is 6.61 Å². The van der Waals surface area contributed by atoms with Gasteiger partial charge in [0.2, 0.25) is 11.7 Å². The number of nitro benzene ring substituents is 1. The first-order chi connectivity index (χ1) is 14.0. The van der Waals surface area contributed by atoms with Gasteiger partial charge in [-0.15, -0.1) is 0 Å². The van der Waals surface area contributed by atoms with E-state index in [4.69, 9.17) is 4.74 Å². The third kappa shape index (κ3) is 4.67. The zero-order valence-electron chi connectivity index (χ0n) is 15.7. The van der Waals surface area contributed by atoms with Crippen LogP contribution in [-0.4, -0.2) is 28.8 Å². The van der Waals surface area contributed by atoms with Crippen molar-refractivity contribution in [2.45, 2.75) is 13.3 Å². The number of nitrogens with one attached hydrogen (secondary N) is 1. The Labute approximate surface area is 166 Å². The fourth-order valence-electron chi connectivity index (χ4n) is 2.93. The van der Waals surface area contributed by atoms with Gasteiger partial charge in [0.15, 0.2) is 5.75 Å². The van der Waals surface area contributed by atoms with Crippen LogP contribution in [0.4, 0.5) is 5.69 Å². The van der Waals surface area contributed by atoms with Crippen LogP contribution in [0.1, 0.15) is 18.1 Å². The number of carbonyl (C=O) groups excluding carboxylic acids is 1. The number of carbonyl (C=O) groups is 1. The summed E-state index contributed by atoms with van der Waals surface area (Å²) in [6.45, 7) is 1.92. The monoisotopic (exact) mass is 393 g/mol. The molecule has 0 saturated carbocycles. The van der Waals surface area contributed by atoms with Gasteiger partial charge in [0.1, 0.15) is 0 Å². The van der Waals surface area contributed by atoms with Crippen molar-refractivity contribution in [2.24, 2.45) is 5.10 Å². The summed E-state index contributed by atoms with van der Waals surface area (Å²) in [7, 11) is 0. The molecule has 0 heterocycles. The first kappa shape index (κ1) is 19.8. The standard InChI is InChI=1S/C21H19N3O5/c1-2-29-19-11-14(10-18(21(19)26)24(27)28)13-22-23-20(25)12-16-8-5-7-15-6-3-4-9-17(15)16/h3-11,13,26H,2,12H2,1H3,(H,23,25)/b22-13+. The molecular weight excluding hydrogens is 374 g/mol. The van der Waals surface area contributed by atoms with Crippen molar-refractivity contribution in [1.82, 2.24) is 5.43 Å². The highest BCUT2D eigenvalue weighted by atomic mass is 16.6. The number of phenols is 1. The lowest BCUT2D eigenvalue weighted by molar-refractivity contribution is -0.386. The lowest BCUT2D eigenvalue weighted by Crippen LogP contribution is -2.19. The molecule has 29 heavy (non-hydrogen) atoms. The van der Waals surface area contributed by atoms with Crippen LogP contribution in [0.25, 0.3) is 10.8 Å². The Morgan fingerprint density at radius 1 is 1.24 bits per heavy atom. The average Bonchev–Trinajstić information content (AvgIpc) is 2.70. The Kier molecular flexibility index (Phi) is 6.03. The van der Waals surface area contributed by atoms with Gasteiger partial charge in [-0.2, -0.15) is 5.10 Å². The highest BCUT2D eigenvalue weighted by Crippen LogP contribution is 2.36. The van der Waals surface area contributed by atoms with E-state index in [1.54, 1.807) is 6.92 Å². The molecule has 2 N–H and O–H groups in total. The number of hydrazone groups is 1. The van der Waals surface area contributed by atoms with Crippen LogP contribution in [-0.2, 0) is 11.2 Å². The molecular formula is C21H19N3O5. The van der Waals surface area contributed by atoms with Gasteiger partial charge in [-0.3, -0.25) is 14.9 Å². The molecule has 0 fully saturated rings. The number of phenolic OH excluding ortho intramolecular Hbond substituents is 1. The normalized spacial score (nSPS) is 10.9. The number of benzene rings is 3. The maximum atomic E-state index is 12.2. The zero-order chi connectivity index (χ0) is 20.8. The molecule has 8 heteroatoms. The molecule has 0 radical (unpaired) electrons. The molecule has 0 aliphatic heterocycles. The van der Waals surface area contributed by atoms with E-state index in [-0.39, 0.29) is 24.7 Å². The van der Waals surface area contributed by atoms with E-state index >= 15 is 0 Å². The van der Waals surface area contributed by atoms with E-state index in [9.17, 15) is 20.0 Å². The molecule has 3 aromatic rings. The molecule has 8 nitrogen and oxygen atoms in total. The van der Waals surface area contributed by atoms with Gasteiger partial charge >= 0.3 is 5.69 Å². The number of nitrogens with zero attached hydrogens (tertiary/aromatic N) is 2. The molecule has 1 amide bonds. The summed E-state index contributed by atoms with van der Waals surface area (Å²) in [6, 6.07) is 16.1. The van der Waals surface area contributed by atoms with Gasteiger partial charge in [-0.25, -0.2) is 5.43 Å². The SMILES string of the molecule is CCOc1cc(/C=N/NC(=O)Cc2cccc3ccccc23)cc([N+](=O)[O-])c1O. The van der Waals surface area contributed by atoms with Gasteiger partial charge in [0, 0.05) is 11.6 Å². The van der Waals surface area contributed by atoms with E-state index in [0.29, 0.717) is 5.56 Å². The number of amides is 1. The quantitative estimate of drug-likeness (QED) is 0.362. The lowest BCUT2D eigenvalue weighted by Gasteiger charge is -2.07. The molecule has 0 bridgehead atoms. The van der Waals surface area contributed by atoms with Crippen LogP contribution < -0.4 is 10.2 Å². The van der Waals surface area contributed by atoms with Crippen molar-refractivity contribution in [1.29, 1.82) is 0 Å². The average molecular weight is 393 g/mol. The minimum atomic E-state index is -0.714. The predicted octanol–water partition coefficient (Wildman–Crippen LogP) is 3.55. The number of nitro groups is 1. The van der Waals surface area contributed by atoms with Crippen LogP contribution in [0.15, 0.2) is 59.7 Å². The number of aromatic hydroxyl groups is 1. The first-order valence-corrected chi connectivity index (χ1v) is 8.92. The van der Waals surface area contributed by atoms with Crippen molar-refractivity contribution in [3.63, 3.8) is 0 Å². The molecule has 0 spiro atoms. The van der Waals surface area contributed by atoms with Crippen molar-refractivity contribution >= 4 is 28.6 Å². The molecule has 148 valence electrons. The molecule has 3 aromatic carbocycles. The highest BCUT2D eigenvalue weighted by molar-refractivity contribution is 5.91. The number of hydrogen-bond acceptors (Lipinski definition) is 6. The predicted molar refractivity (Wildman–Crippen MR) is 109 cm³/mol. The second-order valence-electron chi connectivity index (χ2n) is 6.19. The Morgan fingerprint density at radius 2 is 2.00 bits per heavy atom. The Hall–Kier alpha value is -3.94. The van der Waals surface area contributed by atoms with Crippen LogP contribution in [0.3, 0.4) is 0 Å². The third-order valence-electron chi connectivity index (χ3n) is 4.21. The summed E-state index contributed by atoms with van der Waals surface area (Å²) in [5.41, 5.74) is 3.09. The summed E-state index contributed by atoms with van der Waals surface area (Å²) < 4.78 is 5.21. The number of hydrogen-bond donors (Lipinski definition) is 2. The minimum absolute atomic E-state index is 0.0229. The Balaban J connectivity index is 1.73. The maximum absolute atomic E-state index is 12.2. The summed E-state index contributed by atoms with van der Waals surface area (Å²) in [4.78, 5) is 22.6. The lowest BCUT2D eigenvalue weighted by atomic mass is 10.0. The van der Waals surface area contributed by atoms with Crippen molar-refractivity contribution in [3.05, 3.63) is 75.8 Å². The summed E-state index contributed by atoms with van der Waals surface area (Å²) in [6.07, 6.45) is 1.40. The minimum Gasteiger partial charge on any atom is -0.500 e. The molecule has 0 aliphatic rings. The molecule has 0 aliphatic carbocycles. The van der Waals surface area contributed by atoms with Crippen LogP contribution >= 0.6 is 0 Å². The van der Waals surface area contributed by atoms with Crippen molar-refractivity contribution in [3.8, 4) is 11.5 Å². The molecule has 0 saturated heterocycles. The summed E-state index contributed by atoms with van der Waals surface area (Å²) >= 11 is 0. The topological polar surface area (TPSA) is 114 Å². The van der Waals surface area contributed by atoms with Gasteiger partial charge in [0.05, 0.1) is 24.2 Å². The van der Waals surface area contributed by atoms with E-state index in [2.05, 4.69) is 10.5 Å². The van der Waals surface area contributed by atoms with Crippen LogP contribution in [0.2, 0.25) is 0 Å². The number of rotatable bonds is 7. The first-order valence-electron chi connectivity index (χ1n) is 8.92. The smallest absolute Gasteiger partial charge is 0.315 e. The second kappa shape index (κ2) is 8.83. The van der Waals surface area contributed by atoms with E-state index in [0.717, 1.165) is 22.4 Å². The van der Waals surface area contributed by atoms with Crippen LogP contribution in [0.5, 0.6) is 11.5 Å². The fourth-order valence-corrected chi connectivity index (χ4v) is 2.93. The van der Waals surface area contributed by atoms with E-state index in [1.165, 1.54) is 12.3 Å². The van der Waals surface area contributed by atoms with Gasteiger partial charge in [-0.05, 0) is 29.3 Å².